The number of carbonyl (C=O) groups is 1. The van der Waals surface area contributed by atoms with Crippen LogP contribution in [0.5, 0.6) is 0 Å². The maximum absolute atomic E-state index is 13.3. The summed E-state index contributed by atoms with van der Waals surface area (Å²) in [6.45, 7) is 7.92. The number of anilines is 1. The molecule has 0 saturated carbocycles. The van der Waals surface area contributed by atoms with Crippen molar-refractivity contribution in [3.05, 3.63) is 77.1 Å². The van der Waals surface area contributed by atoms with E-state index in [-0.39, 0.29) is 12.1 Å². The molecule has 1 aliphatic heterocycles. The van der Waals surface area contributed by atoms with E-state index in [1.807, 2.05) is 54.3 Å². The van der Waals surface area contributed by atoms with Gasteiger partial charge in [0.2, 0.25) is 0 Å². The van der Waals surface area contributed by atoms with E-state index < -0.39 is 5.54 Å². The van der Waals surface area contributed by atoms with Crippen molar-refractivity contribution in [2.75, 3.05) is 24.5 Å². The van der Waals surface area contributed by atoms with E-state index in [4.69, 9.17) is 16.9 Å². The zero-order valence-corrected chi connectivity index (χ0v) is 21.8. The van der Waals surface area contributed by atoms with E-state index in [1.165, 1.54) is 0 Å². The monoisotopic (exact) mass is 513 g/mol. The van der Waals surface area contributed by atoms with E-state index >= 15 is 0 Å². The van der Waals surface area contributed by atoms with Gasteiger partial charge >= 0.3 is 6.03 Å². The predicted octanol–water partition coefficient (Wildman–Crippen LogP) is 5.52. The van der Waals surface area contributed by atoms with Gasteiger partial charge in [0.1, 0.15) is 17.8 Å². The number of urea groups is 1. The molecule has 1 fully saturated rings. The molecule has 1 atom stereocenters. The molecule has 1 aliphatic rings. The minimum atomic E-state index is -0.431. The van der Waals surface area contributed by atoms with Crippen molar-refractivity contribution < 1.29 is 4.79 Å². The van der Waals surface area contributed by atoms with Gasteiger partial charge in [-0.15, -0.1) is 0 Å². The molecule has 0 aliphatic carbocycles. The van der Waals surface area contributed by atoms with Gasteiger partial charge in [0, 0.05) is 30.4 Å². The van der Waals surface area contributed by atoms with Gasteiger partial charge in [-0.3, -0.25) is 0 Å². The number of nitrogens with zero attached hydrogens (tertiary/aromatic N) is 5. The Balaban J connectivity index is 1.34. The van der Waals surface area contributed by atoms with E-state index in [2.05, 4.69) is 45.1 Å². The zero-order valence-electron chi connectivity index (χ0n) is 21.0. The van der Waals surface area contributed by atoms with Crippen molar-refractivity contribution >= 4 is 34.5 Å². The first-order valence-corrected chi connectivity index (χ1v) is 12.6. The molecule has 2 aromatic heterocycles. The summed E-state index contributed by atoms with van der Waals surface area (Å²) in [6, 6.07) is 18.9. The van der Waals surface area contributed by atoms with E-state index in [0.29, 0.717) is 30.2 Å². The largest absolute Gasteiger partial charge is 0.352 e. The van der Waals surface area contributed by atoms with Crippen LogP contribution in [0.25, 0.3) is 22.3 Å². The number of aromatic amines is 1. The van der Waals surface area contributed by atoms with Crippen LogP contribution in [0, 0.1) is 11.3 Å². The summed E-state index contributed by atoms with van der Waals surface area (Å²) in [5.74, 6) is 0.835. The molecule has 2 aromatic carbocycles. The fourth-order valence-electron chi connectivity index (χ4n) is 4.89. The fraction of sp³-hybridized carbons (Fsp3) is 0.286. The number of halogens is 1. The zero-order chi connectivity index (χ0) is 26.2. The lowest BCUT2D eigenvalue weighted by molar-refractivity contribution is 0.121. The number of aromatic nitrogens is 3. The summed E-state index contributed by atoms with van der Waals surface area (Å²) >= 11 is 6.13. The highest BCUT2D eigenvalue weighted by Crippen LogP contribution is 2.32. The molecular formula is C28H28ClN7O. The number of rotatable bonds is 4. The molecule has 4 aromatic rings. The highest BCUT2D eigenvalue weighted by atomic mass is 35.5. The Morgan fingerprint density at radius 1 is 1.16 bits per heavy atom. The van der Waals surface area contributed by atoms with Crippen molar-refractivity contribution in [3.8, 4) is 17.3 Å². The van der Waals surface area contributed by atoms with Crippen LogP contribution in [-0.2, 0) is 0 Å². The second kappa shape index (κ2) is 9.75. The molecule has 0 bridgehead atoms. The minimum Gasteiger partial charge on any atom is -0.352 e. The molecule has 9 heteroatoms. The first-order valence-electron chi connectivity index (χ1n) is 12.2. The number of nitriles is 1. The van der Waals surface area contributed by atoms with Crippen molar-refractivity contribution in [1.29, 1.82) is 5.26 Å². The Hall–Kier alpha value is -4.09. The van der Waals surface area contributed by atoms with Gasteiger partial charge in [0.15, 0.2) is 0 Å². The number of piperazine rings is 1. The second-order valence-electron chi connectivity index (χ2n) is 9.94. The van der Waals surface area contributed by atoms with Crippen molar-refractivity contribution in [3.63, 3.8) is 0 Å². The molecule has 2 N–H and O–H groups in total. The summed E-state index contributed by atoms with van der Waals surface area (Å²) in [4.78, 5) is 29.8. The SMILES string of the molecule is C[C@H](NC(=O)N1CCN(c2ncnc3[nH]c(-c4ccc(C#N)cc4)cc23)CC1(C)C)c1cccc(Cl)c1. The summed E-state index contributed by atoms with van der Waals surface area (Å²) in [5.41, 5.74) is 3.78. The Morgan fingerprint density at radius 2 is 1.95 bits per heavy atom. The first-order chi connectivity index (χ1) is 17.7. The fourth-order valence-corrected chi connectivity index (χ4v) is 5.09. The normalized spacial score (nSPS) is 15.9. The topological polar surface area (TPSA) is 101 Å². The van der Waals surface area contributed by atoms with Crippen LogP contribution in [0.15, 0.2) is 60.9 Å². The van der Waals surface area contributed by atoms with E-state index in [9.17, 15) is 4.79 Å². The van der Waals surface area contributed by atoms with Crippen molar-refractivity contribution in [1.82, 2.24) is 25.2 Å². The van der Waals surface area contributed by atoms with Crippen LogP contribution in [0.1, 0.15) is 37.9 Å². The van der Waals surface area contributed by atoms with Gasteiger partial charge in [0.05, 0.1) is 28.6 Å². The van der Waals surface area contributed by atoms with Crippen LogP contribution in [-0.4, -0.2) is 51.1 Å². The van der Waals surface area contributed by atoms with Crippen LogP contribution in [0.4, 0.5) is 10.6 Å². The standard InChI is InChI=1S/C28H28ClN7O/c1-18(21-5-4-6-22(29)13-21)33-27(37)36-12-11-35(16-28(36,2)3)26-23-14-24(34-25(23)31-17-32-26)20-9-7-19(15-30)8-10-20/h4-10,13-14,17-18H,11-12,16H2,1-3H3,(H,33,37)(H,31,32,34)/t18-/m0/s1. The van der Waals surface area contributed by atoms with Crippen LogP contribution in [0.2, 0.25) is 5.02 Å². The summed E-state index contributed by atoms with van der Waals surface area (Å²) in [6.07, 6.45) is 1.56. The number of fused-ring (bicyclic) bond motifs is 1. The third-order valence-corrected chi connectivity index (χ3v) is 7.10. The average Bonchev–Trinajstić information content (AvgIpc) is 3.32. The van der Waals surface area contributed by atoms with E-state index in [1.54, 1.807) is 18.5 Å². The number of hydrogen-bond acceptors (Lipinski definition) is 5. The Bertz CT molecular complexity index is 1490. The molecule has 5 rings (SSSR count). The molecule has 0 radical (unpaired) electrons. The summed E-state index contributed by atoms with van der Waals surface area (Å²) < 4.78 is 0. The summed E-state index contributed by atoms with van der Waals surface area (Å²) in [5, 5.41) is 13.8. The lowest BCUT2D eigenvalue weighted by Crippen LogP contribution is -2.63. The molecule has 0 unspecified atom stereocenters. The predicted molar refractivity (Wildman–Crippen MR) is 145 cm³/mol. The molecule has 1 saturated heterocycles. The molecule has 8 nitrogen and oxygen atoms in total. The average molecular weight is 514 g/mol. The molecule has 2 amide bonds. The minimum absolute atomic E-state index is 0.102. The third kappa shape index (κ3) is 4.95. The number of benzene rings is 2. The highest BCUT2D eigenvalue weighted by molar-refractivity contribution is 6.30. The molecule has 3 heterocycles. The van der Waals surface area contributed by atoms with E-state index in [0.717, 1.165) is 33.7 Å². The van der Waals surface area contributed by atoms with Crippen molar-refractivity contribution in [2.24, 2.45) is 0 Å². The molecule has 0 spiro atoms. The lowest BCUT2D eigenvalue weighted by atomic mass is 9.98. The number of amides is 2. The van der Waals surface area contributed by atoms with Gasteiger partial charge in [-0.05, 0) is 62.2 Å². The maximum atomic E-state index is 13.3. The summed E-state index contributed by atoms with van der Waals surface area (Å²) in [7, 11) is 0. The first kappa shape index (κ1) is 24.6. The van der Waals surface area contributed by atoms with Crippen LogP contribution in [0.3, 0.4) is 0 Å². The number of carbonyl (C=O) groups excluding carboxylic acids is 1. The van der Waals surface area contributed by atoms with Gasteiger partial charge in [-0.1, -0.05) is 35.9 Å². The number of nitrogens with one attached hydrogen (secondary N) is 2. The molecule has 188 valence electrons. The Morgan fingerprint density at radius 3 is 2.65 bits per heavy atom. The Labute approximate surface area is 220 Å². The van der Waals surface area contributed by atoms with Gasteiger partial charge in [-0.25, -0.2) is 14.8 Å². The maximum Gasteiger partial charge on any atom is 0.318 e. The number of hydrogen-bond donors (Lipinski definition) is 2. The van der Waals surface area contributed by atoms with Crippen LogP contribution < -0.4 is 10.2 Å². The Kier molecular flexibility index (Phi) is 6.48. The van der Waals surface area contributed by atoms with Gasteiger partial charge < -0.3 is 20.1 Å². The lowest BCUT2D eigenvalue weighted by Gasteiger charge is -2.47. The van der Waals surface area contributed by atoms with Gasteiger partial charge in [0.25, 0.3) is 0 Å². The quantitative estimate of drug-likeness (QED) is 0.374. The van der Waals surface area contributed by atoms with Gasteiger partial charge in [-0.2, -0.15) is 5.26 Å². The third-order valence-electron chi connectivity index (χ3n) is 6.86. The second-order valence-corrected chi connectivity index (χ2v) is 10.4. The number of H-pyrrole nitrogens is 1. The smallest absolute Gasteiger partial charge is 0.318 e. The highest BCUT2D eigenvalue weighted by Gasteiger charge is 2.38. The van der Waals surface area contributed by atoms with Crippen LogP contribution >= 0.6 is 11.6 Å². The van der Waals surface area contributed by atoms with Crippen molar-refractivity contribution in [2.45, 2.75) is 32.4 Å². The molecule has 37 heavy (non-hydrogen) atoms. The molecular weight excluding hydrogens is 486 g/mol.